The van der Waals surface area contributed by atoms with Crippen LogP contribution in [0.15, 0.2) is 17.8 Å². The van der Waals surface area contributed by atoms with Gasteiger partial charge in [0.2, 0.25) is 0 Å². The van der Waals surface area contributed by atoms with Crippen molar-refractivity contribution in [2.75, 3.05) is 5.32 Å². The number of carbonyl (C=O) groups is 1. The van der Waals surface area contributed by atoms with Gasteiger partial charge in [0, 0.05) is 18.0 Å². The van der Waals surface area contributed by atoms with Crippen LogP contribution in [0.4, 0.5) is 10.8 Å². The molecule has 2 rings (SSSR count). The molecule has 7 heteroatoms. The first-order chi connectivity index (χ1) is 7.74. The van der Waals surface area contributed by atoms with Crippen LogP contribution >= 0.6 is 11.3 Å². The molecule has 0 atom stereocenters. The number of aryl methyl sites for hydroxylation is 1. The Balaban J connectivity index is 1.94. The van der Waals surface area contributed by atoms with E-state index in [4.69, 9.17) is 5.11 Å². The van der Waals surface area contributed by atoms with E-state index in [1.54, 1.807) is 12.4 Å². The van der Waals surface area contributed by atoms with Crippen molar-refractivity contribution in [2.45, 2.75) is 12.8 Å². The van der Waals surface area contributed by atoms with Crippen LogP contribution in [0, 0.1) is 0 Å². The third-order valence-corrected chi connectivity index (χ3v) is 2.70. The molecule has 2 heterocycles. The van der Waals surface area contributed by atoms with Crippen molar-refractivity contribution in [3.63, 3.8) is 0 Å². The summed E-state index contributed by atoms with van der Waals surface area (Å²) < 4.78 is 0. The maximum Gasteiger partial charge on any atom is 0.303 e. The second kappa shape index (κ2) is 4.75. The highest BCUT2D eigenvalue weighted by atomic mass is 32.1. The van der Waals surface area contributed by atoms with Gasteiger partial charge < -0.3 is 10.4 Å². The van der Waals surface area contributed by atoms with Crippen LogP contribution in [0.3, 0.4) is 0 Å². The zero-order valence-electron chi connectivity index (χ0n) is 8.30. The standard InChI is InChI=1S/C9H10N4O2S/c14-8(15)2-1-6-5-16-9(12-6)13-7-3-10-11-4-7/h3-5H,1-2H2,(H,10,11)(H,12,13)(H,14,15). The zero-order chi connectivity index (χ0) is 11.4. The molecule has 16 heavy (non-hydrogen) atoms. The molecule has 0 unspecified atom stereocenters. The van der Waals surface area contributed by atoms with E-state index in [0.717, 1.165) is 16.5 Å². The average molecular weight is 238 g/mol. The Morgan fingerprint density at radius 2 is 2.50 bits per heavy atom. The summed E-state index contributed by atoms with van der Waals surface area (Å²) in [5.74, 6) is -0.808. The van der Waals surface area contributed by atoms with Gasteiger partial charge in [-0.1, -0.05) is 0 Å². The van der Waals surface area contributed by atoms with Crippen LogP contribution in [-0.4, -0.2) is 26.3 Å². The van der Waals surface area contributed by atoms with Crippen molar-refractivity contribution in [3.05, 3.63) is 23.5 Å². The first-order valence-corrected chi connectivity index (χ1v) is 5.54. The van der Waals surface area contributed by atoms with Crippen molar-refractivity contribution >= 4 is 28.1 Å². The Bertz CT molecular complexity index is 466. The number of aromatic nitrogens is 3. The van der Waals surface area contributed by atoms with Crippen LogP contribution < -0.4 is 5.32 Å². The van der Waals surface area contributed by atoms with Gasteiger partial charge in [0.25, 0.3) is 0 Å². The van der Waals surface area contributed by atoms with Gasteiger partial charge >= 0.3 is 5.97 Å². The molecule has 0 bridgehead atoms. The number of nitrogens with one attached hydrogen (secondary N) is 2. The summed E-state index contributed by atoms with van der Waals surface area (Å²) in [6.45, 7) is 0. The minimum atomic E-state index is -0.808. The third kappa shape index (κ3) is 2.80. The Morgan fingerprint density at radius 3 is 3.19 bits per heavy atom. The van der Waals surface area contributed by atoms with Gasteiger partial charge in [-0.05, 0) is 0 Å². The molecule has 0 fully saturated rings. The lowest BCUT2D eigenvalue weighted by Gasteiger charge is -1.95. The Kier molecular flexibility index (Phi) is 3.16. The predicted molar refractivity (Wildman–Crippen MR) is 59.9 cm³/mol. The second-order valence-corrected chi connectivity index (χ2v) is 4.01. The van der Waals surface area contributed by atoms with Crippen LogP contribution in [0.5, 0.6) is 0 Å². The fraction of sp³-hybridized carbons (Fsp3) is 0.222. The molecule has 0 aliphatic rings. The number of thiazole rings is 1. The van der Waals surface area contributed by atoms with Crippen LogP contribution in [0.1, 0.15) is 12.1 Å². The SMILES string of the molecule is O=C(O)CCc1csc(Nc2cn[nH]c2)n1. The number of H-pyrrole nitrogens is 1. The van der Waals surface area contributed by atoms with Crippen LogP contribution in [0.2, 0.25) is 0 Å². The Hall–Kier alpha value is -1.89. The molecule has 0 aliphatic heterocycles. The van der Waals surface area contributed by atoms with E-state index in [1.807, 2.05) is 5.38 Å². The Labute approximate surface area is 95.3 Å². The summed E-state index contributed by atoms with van der Waals surface area (Å²) in [6.07, 6.45) is 3.93. The molecule has 2 aromatic heterocycles. The van der Waals surface area contributed by atoms with Gasteiger partial charge in [0.05, 0.1) is 24.0 Å². The molecule has 0 aliphatic carbocycles. The highest BCUT2D eigenvalue weighted by Gasteiger charge is 2.05. The van der Waals surface area contributed by atoms with Crippen molar-refractivity contribution in [2.24, 2.45) is 0 Å². The van der Waals surface area contributed by atoms with Gasteiger partial charge in [0.1, 0.15) is 0 Å². The van der Waals surface area contributed by atoms with Crippen molar-refractivity contribution in [1.82, 2.24) is 15.2 Å². The summed E-state index contributed by atoms with van der Waals surface area (Å²) in [5.41, 5.74) is 1.62. The number of nitrogens with zero attached hydrogens (tertiary/aromatic N) is 2. The molecule has 0 amide bonds. The topological polar surface area (TPSA) is 90.9 Å². The van der Waals surface area contributed by atoms with E-state index in [-0.39, 0.29) is 6.42 Å². The minimum Gasteiger partial charge on any atom is -0.481 e. The monoisotopic (exact) mass is 238 g/mol. The number of carboxylic acids is 1. The van der Waals surface area contributed by atoms with E-state index in [2.05, 4.69) is 20.5 Å². The number of anilines is 2. The fourth-order valence-corrected chi connectivity index (χ4v) is 1.92. The first kappa shape index (κ1) is 10.6. The van der Waals surface area contributed by atoms with E-state index >= 15 is 0 Å². The molecule has 0 aromatic carbocycles. The third-order valence-electron chi connectivity index (χ3n) is 1.90. The smallest absolute Gasteiger partial charge is 0.303 e. The average Bonchev–Trinajstić information content (AvgIpc) is 2.87. The molecule has 0 saturated carbocycles. The fourth-order valence-electron chi connectivity index (χ4n) is 1.16. The largest absolute Gasteiger partial charge is 0.481 e. The molecule has 2 aromatic rings. The van der Waals surface area contributed by atoms with Crippen molar-refractivity contribution in [1.29, 1.82) is 0 Å². The maximum absolute atomic E-state index is 10.4. The lowest BCUT2D eigenvalue weighted by atomic mass is 10.2. The normalized spacial score (nSPS) is 10.2. The molecular weight excluding hydrogens is 228 g/mol. The number of rotatable bonds is 5. The summed E-state index contributed by atoms with van der Waals surface area (Å²) in [6, 6.07) is 0. The number of hydrogen-bond donors (Lipinski definition) is 3. The minimum absolute atomic E-state index is 0.106. The predicted octanol–water partition coefficient (Wildman–Crippen LogP) is 1.63. The zero-order valence-corrected chi connectivity index (χ0v) is 9.12. The summed E-state index contributed by atoms with van der Waals surface area (Å²) in [7, 11) is 0. The van der Waals surface area contributed by atoms with Crippen LogP contribution in [0.25, 0.3) is 0 Å². The van der Waals surface area contributed by atoms with Gasteiger partial charge in [-0.3, -0.25) is 9.89 Å². The summed E-state index contributed by atoms with van der Waals surface area (Å²) in [5, 5.41) is 20.7. The molecule has 3 N–H and O–H groups in total. The van der Waals surface area contributed by atoms with Crippen LogP contribution in [-0.2, 0) is 11.2 Å². The van der Waals surface area contributed by atoms with Gasteiger partial charge in [0.15, 0.2) is 5.13 Å². The molecule has 0 spiro atoms. The highest BCUT2D eigenvalue weighted by molar-refractivity contribution is 7.13. The van der Waals surface area contributed by atoms with Gasteiger partial charge in [-0.25, -0.2) is 4.98 Å². The Morgan fingerprint density at radius 1 is 1.62 bits per heavy atom. The molecule has 6 nitrogen and oxygen atoms in total. The van der Waals surface area contributed by atoms with Gasteiger partial charge in [-0.2, -0.15) is 5.10 Å². The quantitative estimate of drug-likeness (QED) is 0.736. The van der Waals surface area contributed by atoms with E-state index in [0.29, 0.717) is 6.42 Å². The second-order valence-electron chi connectivity index (χ2n) is 3.15. The van der Waals surface area contributed by atoms with Crippen molar-refractivity contribution < 1.29 is 9.90 Å². The molecule has 0 radical (unpaired) electrons. The number of carboxylic acid groups (broad SMARTS) is 1. The number of hydrogen-bond acceptors (Lipinski definition) is 5. The lowest BCUT2D eigenvalue weighted by molar-refractivity contribution is -0.136. The van der Waals surface area contributed by atoms with E-state index in [1.165, 1.54) is 11.3 Å². The van der Waals surface area contributed by atoms with Gasteiger partial charge in [-0.15, -0.1) is 11.3 Å². The molecule has 0 saturated heterocycles. The summed E-state index contributed by atoms with van der Waals surface area (Å²) in [4.78, 5) is 14.6. The first-order valence-electron chi connectivity index (χ1n) is 4.66. The lowest BCUT2D eigenvalue weighted by Crippen LogP contribution is -1.97. The van der Waals surface area contributed by atoms with E-state index < -0.39 is 5.97 Å². The number of aromatic amines is 1. The maximum atomic E-state index is 10.4. The molecule has 84 valence electrons. The summed E-state index contributed by atoms with van der Waals surface area (Å²) >= 11 is 1.44. The van der Waals surface area contributed by atoms with E-state index in [9.17, 15) is 4.79 Å². The highest BCUT2D eigenvalue weighted by Crippen LogP contribution is 2.20. The molecular formula is C9H10N4O2S. The number of aliphatic carboxylic acids is 1. The van der Waals surface area contributed by atoms with Crippen molar-refractivity contribution in [3.8, 4) is 0 Å².